The highest BCUT2D eigenvalue weighted by atomic mass is 19.2. The SMILES string of the molecule is Fc1cc(CNc2ccc(-c3ccccn3)cn2)cc(F)c1F. The summed E-state index contributed by atoms with van der Waals surface area (Å²) in [6, 6.07) is 11.1. The molecule has 0 unspecified atom stereocenters. The van der Waals surface area contributed by atoms with E-state index in [2.05, 4.69) is 15.3 Å². The second kappa shape index (κ2) is 6.48. The van der Waals surface area contributed by atoms with Crippen LogP contribution in [-0.4, -0.2) is 9.97 Å². The van der Waals surface area contributed by atoms with Gasteiger partial charge in [-0.1, -0.05) is 6.07 Å². The second-order valence-corrected chi connectivity index (χ2v) is 4.87. The Morgan fingerprint density at radius 3 is 2.30 bits per heavy atom. The van der Waals surface area contributed by atoms with Crippen LogP contribution in [0, 0.1) is 17.5 Å². The number of nitrogens with zero attached hydrogens (tertiary/aromatic N) is 2. The predicted molar refractivity (Wildman–Crippen MR) is 81.1 cm³/mol. The van der Waals surface area contributed by atoms with E-state index in [0.717, 1.165) is 23.4 Å². The summed E-state index contributed by atoms with van der Waals surface area (Å²) in [5.41, 5.74) is 1.95. The van der Waals surface area contributed by atoms with Gasteiger partial charge in [-0.05, 0) is 42.0 Å². The van der Waals surface area contributed by atoms with Crippen LogP contribution in [0.2, 0.25) is 0 Å². The van der Waals surface area contributed by atoms with Gasteiger partial charge in [-0.15, -0.1) is 0 Å². The molecular formula is C17H12F3N3. The molecule has 1 aromatic carbocycles. The van der Waals surface area contributed by atoms with E-state index in [0.29, 0.717) is 5.82 Å². The molecule has 0 spiro atoms. The van der Waals surface area contributed by atoms with Gasteiger partial charge in [0.15, 0.2) is 17.5 Å². The first-order valence-corrected chi connectivity index (χ1v) is 6.88. The summed E-state index contributed by atoms with van der Waals surface area (Å²) in [4.78, 5) is 8.44. The smallest absolute Gasteiger partial charge is 0.194 e. The van der Waals surface area contributed by atoms with Gasteiger partial charge in [-0.3, -0.25) is 4.98 Å². The van der Waals surface area contributed by atoms with Crippen molar-refractivity contribution >= 4 is 5.82 Å². The lowest BCUT2D eigenvalue weighted by Gasteiger charge is -2.07. The molecule has 0 saturated heterocycles. The molecule has 23 heavy (non-hydrogen) atoms. The maximum atomic E-state index is 13.1. The van der Waals surface area contributed by atoms with Gasteiger partial charge in [0.2, 0.25) is 0 Å². The minimum Gasteiger partial charge on any atom is -0.366 e. The Bertz CT molecular complexity index is 782. The number of anilines is 1. The fourth-order valence-corrected chi connectivity index (χ4v) is 2.09. The summed E-state index contributed by atoms with van der Waals surface area (Å²) in [5.74, 6) is -3.35. The lowest BCUT2D eigenvalue weighted by molar-refractivity contribution is 0.445. The minimum absolute atomic E-state index is 0.129. The van der Waals surface area contributed by atoms with Gasteiger partial charge >= 0.3 is 0 Å². The third-order valence-electron chi connectivity index (χ3n) is 3.24. The molecule has 0 saturated carbocycles. The molecule has 0 radical (unpaired) electrons. The molecule has 116 valence electrons. The monoisotopic (exact) mass is 315 g/mol. The third kappa shape index (κ3) is 3.48. The summed E-state index contributed by atoms with van der Waals surface area (Å²) in [6.07, 6.45) is 3.34. The third-order valence-corrected chi connectivity index (χ3v) is 3.24. The number of halogens is 3. The number of hydrogen-bond donors (Lipinski definition) is 1. The van der Waals surface area contributed by atoms with Crippen molar-refractivity contribution in [1.82, 2.24) is 9.97 Å². The van der Waals surface area contributed by atoms with Gasteiger partial charge in [-0.2, -0.15) is 0 Å². The molecule has 2 aromatic heterocycles. The fourth-order valence-electron chi connectivity index (χ4n) is 2.09. The highest BCUT2D eigenvalue weighted by Gasteiger charge is 2.10. The van der Waals surface area contributed by atoms with Crippen molar-refractivity contribution < 1.29 is 13.2 Å². The van der Waals surface area contributed by atoms with E-state index in [1.165, 1.54) is 0 Å². The summed E-state index contributed by atoms with van der Waals surface area (Å²) < 4.78 is 39.2. The number of pyridine rings is 2. The van der Waals surface area contributed by atoms with Crippen LogP contribution in [0.15, 0.2) is 54.9 Å². The molecule has 1 N–H and O–H groups in total. The number of benzene rings is 1. The molecule has 3 rings (SSSR count). The Hall–Kier alpha value is -2.89. The largest absolute Gasteiger partial charge is 0.366 e. The summed E-state index contributed by atoms with van der Waals surface area (Å²) >= 11 is 0. The average Bonchev–Trinajstić information content (AvgIpc) is 2.59. The number of nitrogens with one attached hydrogen (secondary N) is 1. The Labute approximate surface area is 130 Å². The van der Waals surface area contributed by atoms with Crippen LogP contribution in [0.3, 0.4) is 0 Å². The Balaban J connectivity index is 1.70. The minimum atomic E-state index is -1.47. The standard InChI is InChI=1S/C17H12F3N3/c18-13-7-11(8-14(19)17(13)20)9-22-16-5-4-12(10-23-16)15-3-1-2-6-21-15/h1-8,10H,9H2,(H,22,23). The average molecular weight is 315 g/mol. The molecule has 0 aliphatic heterocycles. The van der Waals surface area contributed by atoms with Crippen molar-refractivity contribution in [3.63, 3.8) is 0 Å². The fraction of sp³-hybridized carbons (Fsp3) is 0.0588. The predicted octanol–water partition coefficient (Wildman–Crippen LogP) is 4.17. The van der Waals surface area contributed by atoms with E-state index >= 15 is 0 Å². The lowest BCUT2D eigenvalue weighted by atomic mass is 10.2. The van der Waals surface area contributed by atoms with Crippen molar-refractivity contribution in [2.75, 3.05) is 5.32 Å². The topological polar surface area (TPSA) is 37.8 Å². The molecule has 0 atom stereocenters. The van der Waals surface area contributed by atoms with Crippen LogP contribution < -0.4 is 5.32 Å². The van der Waals surface area contributed by atoms with Gasteiger partial charge in [0, 0.05) is 24.5 Å². The summed E-state index contributed by atoms with van der Waals surface area (Å²) in [6.45, 7) is 0.129. The van der Waals surface area contributed by atoms with Crippen LogP contribution in [0.25, 0.3) is 11.3 Å². The highest BCUT2D eigenvalue weighted by Crippen LogP contribution is 2.18. The Morgan fingerprint density at radius 2 is 1.70 bits per heavy atom. The molecular weight excluding hydrogens is 303 g/mol. The maximum Gasteiger partial charge on any atom is 0.194 e. The summed E-state index contributed by atoms with van der Waals surface area (Å²) in [5, 5.41) is 2.93. The van der Waals surface area contributed by atoms with E-state index in [9.17, 15) is 13.2 Å². The number of rotatable bonds is 4. The zero-order chi connectivity index (χ0) is 16.2. The van der Waals surface area contributed by atoms with Crippen molar-refractivity contribution in [2.24, 2.45) is 0 Å². The number of hydrogen-bond acceptors (Lipinski definition) is 3. The van der Waals surface area contributed by atoms with E-state index in [1.54, 1.807) is 18.5 Å². The van der Waals surface area contributed by atoms with Crippen LogP contribution in [0.5, 0.6) is 0 Å². The molecule has 0 fully saturated rings. The van der Waals surface area contributed by atoms with Gasteiger partial charge in [0.25, 0.3) is 0 Å². The van der Waals surface area contributed by atoms with Gasteiger partial charge < -0.3 is 5.32 Å². The van der Waals surface area contributed by atoms with Crippen molar-refractivity contribution in [1.29, 1.82) is 0 Å². The van der Waals surface area contributed by atoms with Gasteiger partial charge in [0.1, 0.15) is 5.82 Å². The lowest BCUT2D eigenvalue weighted by Crippen LogP contribution is -2.03. The van der Waals surface area contributed by atoms with Gasteiger partial charge in [-0.25, -0.2) is 18.2 Å². The zero-order valence-electron chi connectivity index (χ0n) is 11.9. The molecule has 6 heteroatoms. The molecule has 0 amide bonds. The molecule has 3 nitrogen and oxygen atoms in total. The normalized spacial score (nSPS) is 10.6. The van der Waals surface area contributed by atoms with Crippen LogP contribution >= 0.6 is 0 Å². The van der Waals surface area contributed by atoms with E-state index in [-0.39, 0.29) is 12.1 Å². The van der Waals surface area contributed by atoms with E-state index in [4.69, 9.17) is 0 Å². The first kappa shape index (κ1) is 15.0. The van der Waals surface area contributed by atoms with Crippen LogP contribution in [-0.2, 0) is 6.54 Å². The number of aromatic nitrogens is 2. The van der Waals surface area contributed by atoms with Crippen molar-refractivity contribution in [2.45, 2.75) is 6.54 Å². The first-order valence-electron chi connectivity index (χ1n) is 6.88. The first-order chi connectivity index (χ1) is 11.1. The maximum absolute atomic E-state index is 13.1. The molecule has 0 aliphatic carbocycles. The van der Waals surface area contributed by atoms with Crippen LogP contribution in [0.1, 0.15) is 5.56 Å². The second-order valence-electron chi connectivity index (χ2n) is 4.87. The van der Waals surface area contributed by atoms with Crippen molar-refractivity contribution in [3.8, 4) is 11.3 Å². The van der Waals surface area contributed by atoms with Gasteiger partial charge in [0.05, 0.1) is 5.69 Å². The van der Waals surface area contributed by atoms with E-state index in [1.807, 2.05) is 24.3 Å². The molecule has 0 bridgehead atoms. The Kier molecular flexibility index (Phi) is 4.23. The highest BCUT2D eigenvalue weighted by molar-refractivity contribution is 5.59. The summed E-state index contributed by atoms with van der Waals surface area (Å²) in [7, 11) is 0. The molecule has 2 heterocycles. The van der Waals surface area contributed by atoms with E-state index < -0.39 is 17.5 Å². The zero-order valence-corrected chi connectivity index (χ0v) is 11.9. The van der Waals surface area contributed by atoms with Crippen molar-refractivity contribution in [3.05, 3.63) is 77.9 Å². The van der Waals surface area contributed by atoms with Crippen LogP contribution in [0.4, 0.5) is 19.0 Å². The Morgan fingerprint density at radius 1 is 0.913 bits per heavy atom. The molecule has 3 aromatic rings. The quantitative estimate of drug-likeness (QED) is 0.734. The molecule has 0 aliphatic rings.